The first-order valence-electron chi connectivity index (χ1n) is 9.67. The molecule has 148 valence electrons. The van der Waals surface area contributed by atoms with Gasteiger partial charge in [0, 0.05) is 17.7 Å². The van der Waals surface area contributed by atoms with Crippen LogP contribution < -0.4 is 15.4 Å². The minimum absolute atomic E-state index is 0.132. The first-order valence-corrected chi connectivity index (χ1v) is 9.67. The van der Waals surface area contributed by atoms with Crippen LogP contribution in [0.15, 0.2) is 52.8 Å². The fraction of sp³-hybridized carbons (Fsp3) is 0.364. The van der Waals surface area contributed by atoms with Crippen LogP contribution >= 0.6 is 0 Å². The molecule has 3 rings (SSSR count). The fourth-order valence-corrected chi connectivity index (χ4v) is 3.30. The first-order chi connectivity index (χ1) is 13.7. The van der Waals surface area contributed by atoms with Crippen molar-refractivity contribution in [3.8, 4) is 5.75 Å². The van der Waals surface area contributed by atoms with Gasteiger partial charge in [-0.15, -0.1) is 0 Å². The van der Waals surface area contributed by atoms with Crippen LogP contribution in [0.5, 0.6) is 5.75 Å². The van der Waals surface area contributed by atoms with Gasteiger partial charge in [-0.1, -0.05) is 25.7 Å². The quantitative estimate of drug-likeness (QED) is 0.587. The van der Waals surface area contributed by atoms with Crippen LogP contribution in [0.25, 0.3) is 6.08 Å². The zero-order valence-corrected chi connectivity index (χ0v) is 16.1. The third kappa shape index (κ3) is 5.49. The molecule has 1 heterocycles. The molecule has 1 aliphatic rings. The largest absolute Gasteiger partial charge is 0.497 e. The number of benzene rings is 1. The highest BCUT2D eigenvalue weighted by atomic mass is 16.5. The van der Waals surface area contributed by atoms with Crippen LogP contribution in [-0.4, -0.2) is 25.0 Å². The Bertz CT molecular complexity index is 802. The maximum absolute atomic E-state index is 12.9. The van der Waals surface area contributed by atoms with E-state index in [1.54, 1.807) is 49.6 Å². The lowest BCUT2D eigenvalue weighted by molar-refractivity contribution is -0.118. The maximum Gasteiger partial charge on any atom is 0.268 e. The number of carbonyl (C=O) groups is 2. The van der Waals surface area contributed by atoms with Crippen LogP contribution in [0, 0.1) is 0 Å². The summed E-state index contributed by atoms with van der Waals surface area (Å²) >= 11 is 0. The van der Waals surface area contributed by atoms with Crippen molar-refractivity contribution in [3.05, 3.63) is 59.7 Å². The van der Waals surface area contributed by atoms with Crippen LogP contribution in [-0.2, 0) is 4.79 Å². The minimum atomic E-state index is -0.364. The van der Waals surface area contributed by atoms with E-state index in [4.69, 9.17) is 9.15 Å². The van der Waals surface area contributed by atoms with E-state index in [0.29, 0.717) is 17.1 Å². The fourth-order valence-electron chi connectivity index (χ4n) is 3.30. The Hall–Kier alpha value is -3.02. The molecule has 1 aliphatic carbocycles. The summed E-state index contributed by atoms with van der Waals surface area (Å²) in [5.41, 5.74) is 0.605. The lowest BCUT2D eigenvalue weighted by Gasteiger charge is -2.18. The minimum Gasteiger partial charge on any atom is -0.497 e. The monoisotopic (exact) mass is 382 g/mol. The maximum atomic E-state index is 12.9. The van der Waals surface area contributed by atoms with Gasteiger partial charge in [-0.2, -0.15) is 0 Å². The van der Waals surface area contributed by atoms with Gasteiger partial charge >= 0.3 is 0 Å². The molecule has 0 saturated heterocycles. The van der Waals surface area contributed by atoms with E-state index in [9.17, 15) is 9.59 Å². The second-order valence-electron chi connectivity index (χ2n) is 6.92. The summed E-state index contributed by atoms with van der Waals surface area (Å²) in [5, 5.41) is 5.79. The molecule has 1 saturated carbocycles. The van der Waals surface area contributed by atoms with Crippen molar-refractivity contribution >= 4 is 17.9 Å². The van der Waals surface area contributed by atoms with E-state index in [1.807, 2.05) is 0 Å². The Kier molecular flexibility index (Phi) is 6.89. The van der Waals surface area contributed by atoms with Crippen LogP contribution in [0.3, 0.4) is 0 Å². The van der Waals surface area contributed by atoms with Gasteiger partial charge in [0.25, 0.3) is 11.8 Å². The molecule has 0 bridgehead atoms. The molecule has 2 amide bonds. The SMILES string of the molecule is COc1ccc(C(=O)N/C(=C\c2ccco2)C(=O)NC2CCCCCC2)cc1. The Morgan fingerprint density at radius 2 is 1.79 bits per heavy atom. The highest BCUT2D eigenvalue weighted by molar-refractivity contribution is 6.05. The second kappa shape index (κ2) is 9.78. The zero-order valence-electron chi connectivity index (χ0n) is 16.1. The number of rotatable bonds is 6. The summed E-state index contributed by atoms with van der Waals surface area (Å²) in [7, 11) is 1.57. The van der Waals surface area contributed by atoms with E-state index < -0.39 is 0 Å². The third-order valence-electron chi connectivity index (χ3n) is 4.87. The number of methoxy groups -OCH3 is 1. The van der Waals surface area contributed by atoms with Gasteiger partial charge in [-0.25, -0.2) is 0 Å². The van der Waals surface area contributed by atoms with Crippen molar-refractivity contribution in [1.82, 2.24) is 10.6 Å². The van der Waals surface area contributed by atoms with E-state index in [1.165, 1.54) is 19.1 Å². The lowest BCUT2D eigenvalue weighted by Crippen LogP contribution is -2.40. The summed E-state index contributed by atoms with van der Waals surface area (Å²) in [6.45, 7) is 0. The predicted molar refractivity (Wildman–Crippen MR) is 107 cm³/mol. The van der Waals surface area contributed by atoms with E-state index in [0.717, 1.165) is 25.7 Å². The van der Waals surface area contributed by atoms with E-state index in [2.05, 4.69) is 10.6 Å². The highest BCUT2D eigenvalue weighted by Gasteiger charge is 2.20. The summed E-state index contributed by atoms with van der Waals surface area (Å²) in [4.78, 5) is 25.5. The molecular formula is C22H26N2O4. The average Bonchev–Trinajstić information content (AvgIpc) is 3.10. The molecule has 0 spiro atoms. The Balaban J connectivity index is 1.74. The van der Waals surface area contributed by atoms with Crippen molar-refractivity contribution < 1.29 is 18.7 Å². The van der Waals surface area contributed by atoms with Crippen LogP contribution in [0.4, 0.5) is 0 Å². The Labute approximate surface area is 165 Å². The van der Waals surface area contributed by atoms with Crippen LogP contribution in [0.1, 0.15) is 54.6 Å². The molecule has 2 aromatic rings. The van der Waals surface area contributed by atoms with Crippen LogP contribution in [0.2, 0.25) is 0 Å². The molecule has 6 heteroatoms. The van der Waals surface area contributed by atoms with E-state index in [-0.39, 0.29) is 23.6 Å². The average molecular weight is 382 g/mol. The van der Waals surface area contributed by atoms with Crippen molar-refractivity contribution in [2.45, 2.75) is 44.6 Å². The van der Waals surface area contributed by atoms with Crippen molar-refractivity contribution in [2.75, 3.05) is 7.11 Å². The van der Waals surface area contributed by atoms with Gasteiger partial charge in [0.15, 0.2) is 0 Å². The van der Waals surface area contributed by atoms with Gasteiger partial charge < -0.3 is 19.8 Å². The molecule has 0 radical (unpaired) electrons. The number of hydrogen-bond donors (Lipinski definition) is 2. The number of hydrogen-bond acceptors (Lipinski definition) is 4. The number of ether oxygens (including phenoxy) is 1. The zero-order chi connectivity index (χ0) is 19.8. The normalized spacial score (nSPS) is 15.5. The molecule has 0 atom stereocenters. The van der Waals surface area contributed by atoms with Crippen molar-refractivity contribution in [1.29, 1.82) is 0 Å². The molecule has 2 N–H and O–H groups in total. The third-order valence-corrected chi connectivity index (χ3v) is 4.87. The first kappa shape index (κ1) is 19.7. The second-order valence-corrected chi connectivity index (χ2v) is 6.92. The molecule has 1 aromatic heterocycles. The molecule has 1 aromatic carbocycles. The molecular weight excluding hydrogens is 356 g/mol. The summed E-state index contributed by atoms with van der Waals surface area (Å²) in [6, 6.07) is 10.3. The molecule has 28 heavy (non-hydrogen) atoms. The molecule has 6 nitrogen and oxygen atoms in total. The van der Waals surface area contributed by atoms with Gasteiger partial charge in [0.2, 0.25) is 0 Å². The van der Waals surface area contributed by atoms with Gasteiger partial charge in [-0.05, 0) is 49.2 Å². The van der Waals surface area contributed by atoms with Gasteiger partial charge in [-0.3, -0.25) is 9.59 Å². The Morgan fingerprint density at radius 3 is 2.39 bits per heavy atom. The van der Waals surface area contributed by atoms with E-state index >= 15 is 0 Å². The molecule has 0 unspecified atom stereocenters. The van der Waals surface area contributed by atoms with Crippen molar-refractivity contribution in [3.63, 3.8) is 0 Å². The molecule has 0 aliphatic heterocycles. The number of carbonyl (C=O) groups excluding carboxylic acids is 2. The summed E-state index contributed by atoms with van der Waals surface area (Å²) in [5.74, 6) is 0.497. The topological polar surface area (TPSA) is 80.6 Å². The smallest absolute Gasteiger partial charge is 0.268 e. The number of nitrogens with one attached hydrogen (secondary N) is 2. The van der Waals surface area contributed by atoms with Gasteiger partial charge in [0.05, 0.1) is 13.4 Å². The Morgan fingerprint density at radius 1 is 1.07 bits per heavy atom. The summed E-state index contributed by atoms with van der Waals surface area (Å²) in [6.07, 6.45) is 9.63. The summed E-state index contributed by atoms with van der Waals surface area (Å²) < 4.78 is 10.4. The standard InChI is InChI=1S/C22H26N2O4/c1-27-18-12-10-16(11-13-18)21(25)24-20(15-19-9-6-14-28-19)22(26)23-17-7-4-2-3-5-8-17/h6,9-15,17H,2-5,7-8H2,1H3,(H,23,26)(H,24,25)/b20-15-. The van der Waals surface area contributed by atoms with Gasteiger partial charge in [0.1, 0.15) is 17.2 Å². The predicted octanol–water partition coefficient (Wildman–Crippen LogP) is 3.90. The van der Waals surface area contributed by atoms with Crippen molar-refractivity contribution in [2.24, 2.45) is 0 Å². The highest BCUT2D eigenvalue weighted by Crippen LogP contribution is 2.18. The molecule has 1 fully saturated rings. The number of furan rings is 1. The lowest BCUT2D eigenvalue weighted by atomic mass is 10.1. The number of amides is 2.